The summed E-state index contributed by atoms with van der Waals surface area (Å²) in [6, 6.07) is 0.695. The van der Waals surface area contributed by atoms with Crippen LogP contribution in [-0.4, -0.2) is 44.8 Å². The zero-order valence-corrected chi connectivity index (χ0v) is 19.8. The molecule has 0 fully saturated rings. The lowest BCUT2D eigenvalue weighted by molar-refractivity contribution is -0.870. The van der Waals surface area contributed by atoms with Gasteiger partial charge in [0.15, 0.2) is 0 Å². The number of hydrogen-bond donors (Lipinski definition) is 1. The predicted octanol–water partition coefficient (Wildman–Crippen LogP) is 3.16. The van der Waals surface area contributed by atoms with Gasteiger partial charge in [-0.1, -0.05) is 71.1 Å². The summed E-state index contributed by atoms with van der Waals surface area (Å²) in [4.78, 5) is 0. The molecule has 0 aliphatic rings. The highest BCUT2D eigenvalue weighted by atomic mass is 79.9. The van der Waals surface area contributed by atoms with Crippen LogP contribution in [0.5, 0.6) is 0 Å². The van der Waals surface area contributed by atoms with Gasteiger partial charge in [-0.3, -0.25) is 0 Å². The van der Waals surface area contributed by atoms with Crippen molar-refractivity contribution in [2.24, 2.45) is 0 Å². The van der Waals surface area contributed by atoms with Crippen LogP contribution in [0, 0.1) is 0 Å². The van der Waals surface area contributed by atoms with Gasteiger partial charge >= 0.3 is 0 Å². The summed E-state index contributed by atoms with van der Waals surface area (Å²) < 4.78 is 1.10. The molecule has 0 rings (SSSR count). The molecule has 0 saturated carbocycles. The van der Waals surface area contributed by atoms with Crippen molar-refractivity contribution in [1.29, 1.82) is 0 Å². The smallest absolute Gasteiger partial charge is 0.0780 e. The average molecular weight is 422 g/mol. The molecule has 2 nitrogen and oxygen atoms in total. The second kappa shape index (κ2) is 19.2. The summed E-state index contributed by atoms with van der Waals surface area (Å²) in [5.74, 6) is 0. The third-order valence-corrected chi connectivity index (χ3v) is 4.99. The van der Waals surface area contributed by atoms with E-state index in [0.29, 0.717) is 6.04 Å². The van der Waals surface area contributed by atoms with Gasteiger partial charge in [0.25, 0.3) is 0 Å². The topological polar surface area (TPSA) is 12.0 Å². The molecule has 0 amide bonds. The van der Waals surface area contributed by atoms with E-state index in [1.165, 1.54) is 103 Å². The van der Waals surface area contributed by atoms with Crippen LogP contribution in [-0.2, 0) is 0 Å². The Bertz CT molecular complexity index is 251. The number of nitrogens with zero attached hydrogens (tertiary/aromatic N) is 1. The molecule has 0 bridgehead atoms. The zero-order chi connectivity index (χ0) is 18.1. The van der Waals surface area contributed by atoms with Crippen molar-refractivity contribution in [3.8, 4) is 0 Å². The average Bonchev–Trinajstić information content (AvgIpc) is 2.52. The Labute approximate surface area is 170 Å². The molecule has 0 saturated heterocycles. The van der Waals surface area contributed by atoms with E-state index in [2.05, 4.69) is 40.3 Å². The van der Waals surface area contributed by atoms with Crippen LogP contribution in [0.3, 0.4) is 0 Å². The number of halogens is 1. The third-order valence-electron chi connectivity index (χ3n) is 4.99. The number of hydrogen-bond acceptors (Lipinski definition) is 1. The minimum atomic E-state index is 0. The molecule has 0 aromatic carbocycles. The summed E-state index contributed by atoms with van der Waals surface area (Å²) in [6.45, 7) is 7.16. The fourth-order valence-electron chi connectivity index (χ4n) is 3.28. The highest BCUT2D eigenvalue weighted by molar-refractivity contribution is 4.61. The first-order valence-electron chi connectivity index (χ1n) is 11.0. The van der Waals surface area contributed by atoms with Gasteiger partial charge in [0, 0.05) is 6.04 Å². The molecule has 0 aliphatic heterocycles. The van der Waals surface area contributed by atoms with Crippen LogP contribution < -0.4 is 22.3 Å². The molecule has 154 valence electrons. The van der Waals surface area contributed by atoms with Crippen molar-refractivity contribution < 1.29 is 21.5 Å². The van der Waals surface area contributed by atoms with Crippen molar-refractivity contribution in [1.82, 2.24) is 5.32 Å². The van der Waals surface area contributed by atoms with E-state index in [-0.39, 0.29) is 17.0 Å². The Morgan fingerprint density at radius 1 is 0.680 bits per heavy atom. The molecule has 25 heavy (non-hydrogen) atoms. The van der Waals surface area contributed by atoms with E-state index in [4.69, 9.17) is 0 Å². The lowest BCUT2D eigenvalue weighted by Gasteiger charge is -2.24. The molecule has 0 aromatic heterocycles. The van der Waals surface area contributed by atoms with Crippen molar-refractivity contribution in [3.05, 3.63) is 0 Å². The molecule has 1 N–H and O–H groups in total. The summed E-state index contributed by atoms with van der Waals surface area (Å²) in [7, 11) is 6.86. The minimum Gasteiger partial charge on any atom is -1.00 e. The summed E-state index contributed by atoms with van der Waals surface area (Å²) in [6.07, 6.45) is 19.8. The lowest BCUT2D eigenvalue weighted by atomic mass is 10.1. The summed E-state index contributed by atoms with van der Waals surface area (Å²) in [5.41, 5.74) is 0. The Kier molecular flexibility index (Phi) is 21.2. The number of nitrogens with one attached hydrogen (secondary N) is 1. The first kappa shape index (κ1) is 27.6. The predicted molar refractivity (Wildman–Crippen MR) is 111 cm³/mol. The zero-order valence-electron chi connectivity index (χ0n) is 18.2. The normalized spacial score (nSPS) is 12.8. The molecule has 0 aromatic rings. The van der Waals surface area contributed by atoms with E-state index < -0.39 is 0 Å². The Hall–Kier alpha value is 0.400. The molecular formula is C22H49BrN2. The third kappa shape index (κ3) is 24.4. The molecule has 0 spiro atoms. The molecule has 0 radical (unpaired) electrons. The van der Waals surface area contributed by atoms with Crippen LogP contribution in [0.25, 0.3) is 0 Å². The SMILES string of the molecule is CCCCCCCCCCCCCNC(C)CCCC[N+](C)(C)C.[Br-]. The maximum absolute atomic E-state index is 3.71. The Morgan fingerprint density at radius 2 is 1.16 bits per heavy atom. The standard InChI is InChI=1S/C22H49N2.BrH/c1-6-7-8-9-10-11-12-13-14-15-17-20-23-22(2)19-16-18-21-24(3,4)5;/h22-23H,6-21H2,1-5H3;1H/q+1;/p-1. The molecule has 0 aliphatic carbocycles. The number of unbranched alkanes of at least 4 members (excludes halogenated alkanes) is 11. The van der Waals surface area contributed by atoms with E-state index in [1.54, 1.807) is 0 Å². The van der Waals surface area contributed by atoms with Crippen molar-refractivity contribution >= 4 is 0 Å². The monoisotopic (exact) mass is 420 g/mol. The van der Waals surface area contributed by atoms with Crippen molar-refractivity contribution in [2.75, 3.05) is 34.2 Å². The van der Waals surface area contributed by atoms with Gasteiger partial charge in [-0.25, -0.2) is 0 Å². The molecular weight excluding hydrogens is 372 g/mol. The van der Waals surface area contributed by atoms with Crippen LogP contribution in [0.1, 0.15) is 104 Å². The molecule has 1 unspecified atom stereocenters. The second-order valence-corrected chi connectivity index (χ2v) is 8.90. The van der Waals surface area contributed by atoms with Crippen molar-refractivity contribution in [3.63, 3.8) is 0 Å². The maximum atomic E-state index is 3.71. The van der Waals surface area contributed by atoms with Gasteiger partial charge in [-0.15, -0.1) is 0 Å². The van der Waals surface area contributed by atoms with E-state index in [0.717, 1.165) is 4.48 Å². The summed E-state index contributed by atoms with van der Waals surface area (Å²) >= 11 is 0. The van der Waals surface area contributed by atoms with Gasteiger partial charge < -0.3 is 26.8 Å². The fourth-order valence-corrected chi connectivity index (χ4v) is 3.28. The second-order valence-electron chi connectivity index (χ2n) is 8.90. The highest BCUT2D eigenvalue weighted by Gasteiger charge is 2.07. The Morgan fingerprint density at radius 3 is 1.64 bits per heavy atom. The highest BCUT2D eigenvalue weighted by Crippen LogP contribution is 2.11. The fraction of sp³-hybridized carbons (Fsp3) is 1.00. The van der Waals surface area contributed by atoms with Gasteiger partial charge in [-0.2, -0.15) is 0 Å². The van der Waals surface area contributed by atoms with E-state index in [9.17, 15) is 0 Å². The van der Waals surface area contributed by atoms with Crippen LogP contribution >= 0.6 is 0 Å². The first-order chi connectivity index (χ1) is 11.5. The maximum Gasteiger partial charge on any atom is 0.0780 e. The van der Waals surface area contributed by atoms with Crippen molar-refractivity contribution in [2.45, 2.75) is 110 Å². The summed E-state index contributed by atoms with van der Waals surface area (Å²) in [5, 5.41) is 3.71. The minimum absolute atomic E-state index is 0. The van der Waals surface area contributed by atoms with Gasteiger partial charge in [0.05, 0.1) is 27.7 Å². The first-order valence-corrected chi connectivity index (χ1v) is 11.0. The van der Waals surface area contributed by atoms with Gasteiger partial charge in [-0.05, 0) is 39.2 Å². The van der Waals surface area contributed by atoms with Crippen LogP contribution in [0.2, 0.25) is 0 Å². The van der Waals surface area contributed by atoms with Crippen LogP contribution in [0.15, 0.2) is 0 Å². The Balaban J connectivity index is 0. The van der Waals surface area contributed by atoms with Gasteiger partial charge in [0.2, 0.25) is 0 Å². The molecule has 0 heterocycles. The van der Waals surface area contributed by atoms with E-state index in [1.807, 2.05) is 0 Å². The number of rotatable bonds is 18. The number of quaternary nitrogens is 1. The largest absolute Gasteiger partial charge is 1.00 e. The molecule has 1 atom stereocenters. The quantitative estimate of drug-likeness (QED) is 0.265. The lowest BCUT2D eigenvalue weighted by Crippen LogP contribution is -3.00. The van der Waals surface area contributed by atoms with Crippen LogP contribution in [0.4, 0.5) is 0 Å². The van der Waals surface area contributed by atoms with Gasteiger partial charge in [0.1, 0.15) is 0 Å². The molecule has 3 heteroatoms. The van der Waals surface area contributed by atoms with E-state index >= 15 is 0 Å².